The van der Waals surface area contributed by atoms with Gasteiger partial charge >= 0.3 is 6.16 Å². The van der Waals surface area contributed by atoms with Gasteiger partial charge in [0, 0.05) is 0 Å². The molecule has 5 heteroatoms. The lowest BCUT2D eigenvalue weighted by molar-refractivity contribution is -0.0890. The molecule has 0 spiro atoms. The zero-order chi connectivity index (χ0) is 18.9. The minimum absolute atomic E-state index is 0.402. The maximum Gasteiger partial charge on any atom is 0.514 e. The Kier molecular flexibility index (Phi) is 6.30. The molecule has 3 aromatic carbocycles. The summed E-state index contributed by atoms with van der Waals surface area (Å²) in [6.45, 7) is 1.68. The highest BCUT2D eigenvalue weighted by Gasteiger charge is 2.26. The number of ether oxygens (including phenoxy) is 4. The van der Waals surface area contributed by atoms with Crippen molar-refractivity contribution in [3.05, 3.63) is 91.0 Å². The largest absolute Gasteiger partial charge is 0.514 e. The molecule has 0 aliphatic heterocycles. The zero-order valence-corrected chi connectivity index (χ0v) is 14.9. The number of hydrogen-bond acceptors (Lipinski definition) is 5. The fourth-order valence-electron chi connectivity index (χ4n) is 2.30. The van der Waals surface area contributed by atoms with Crippen molar-refractivity contribution in [1.82, 2.24) is 0 Å². The SMILES string of the molecule is CC(OC(=O)Oc1ccccc1)C(Oc1ccccc1)Oc1ccccc1. The standard InChI is InChI=1S/C22H20O5/c1-17(24-22(23)27-20-15-9-4-10-16-20)21(25-18-11-5-2-6-12-18)26-19-13-7-3-8-14-19/h2-17,21H,1H3. The molecule has 3 aromatic rings. The molecule has 0 aliphatic rings. The molecule has 0 bridgehead atoms. The number of rotatable bonds is 7. The maximum absolute atomic E-state index is 12.1. The second kappa shape index (κ2) is 9.29. The van der Waals surface area contributed by atoms with E-state index in [0.29, 0.717) is 17.2 Å². The summed E-state index contributed by atoms with van der Waals surface area (Å²) in [6.07, 6.45) is -2.40. The molecule has 0 amide bonds. The third-order valence-corrected chi connectivity index (χ3v) is 3.60. The summed E-state index contributed by atoms with van der Waals surface area (Å²) in [5.41, 5.74) is 0. The lowest BCUT2D eigenvalue weighted by Gasteiger charge is -2.25. The average Bonchev–Trinajstić information content (AvgIpc) is 2.70. The lowest BCUT2D eigenvalue weighted by atomic mass is 10.3. The Morgan fingerprint density at radius 2 is 1.07 bits per heavy atom. The fourth-order valence-corrected chi connectivity index (χ4v) is 2.30. The van der Waals surface area contributed by atoms with Crippen LogP contribution in [0.3, 0.4) is 0 Å². The first-order valence-electron chi connectivity index (χ1n) is 8.57. The summed E-state index contributed by atoms with van der Waals surface area (Å²) in [5.74, 6) is 1.61. The van der Waals surface area contributed by atoms with E-state index in [4.69, 9.17) is 18.9 Å². The maximum atomic E-state index is 12.1. The minimum Gasteiger partial charge on any atom is -0.451 e. The van der Waals surface area contributed by atoms with Crippen molar-refractivity contribution in [2.45, 2.75) is 19.3 Å². The highest BCUT2D eigenvalue weighted by Crippen LogP contribution is 2.19. The van der Waals surface area contributed by atoms with E-state index in [9.17, 15) is 4.79 Å². The van der Waals surface area contributed by atoms with Gasteiger partial charge < -0.3 is 18.9 Å². The molecule has 27 heavy (non-hydrogen) atoms. The van der Waals surface area contributed by atoms with E-state index in [1.807, 2.05) is 42.5 Å². The van der Waals surface area contributed by atoms with Crippen LogP contribution in [0.1, 0.15) is 6.92 Å². The van der Waals surface area contributed by atoms with Crippen LogP contribution in [-0.4, -0.2) is 18.5 Å². The zero-order valence-electron chi connectivity index (χ0n) is 14.9. The van der Waals surface area contributed by atoms with Crippen molar-refractivity contribution in [3.8, 4) is 17.2 Å². The molecule has 0 N–H and O–H groups in total. The Labute approximate surface area is 158 Å². The minimum atomic E-state index is -0.849. The highest BCUT2D eigenvalue weighted by atomic mass is 16.8. The van der Waals surface area contributed by atoms with E-state index in [1.54, 1.807) is 55.5 Å². The molecule has 0 aromatic heterocycles. The van der Waals surface area contributed by atoms with Gasteiger partial charge in [-0.25, -0.2) is 4.79 Å². The number of carbonyl (C=O) groups excluding carboxylic acids is 1. The van der Waals surface area contributed by atoms with Crippen LogP contribution in [-0.2, 0) is 4.74 Å². The number of carbonyl (C=O) groups is 1. The third kappa shape index (κ3) is 5.78. The van der Waals surface area contributed by atoms with E-state index in [0.717, 1.165) is 0 Å². The molecular formula is C22H20O5. The van der Waals surface area contributed by atoms with E-state index in [1.165, 1.54) is 0 Å². The number of para-hydroxylation sites is 3. The van der Waals surface area contributed by atoms with Gasteiger partial charge in [-0.2, -0.15) is 0 Å². The quantitative estimate of drug-likeness (QED) is 0.333. The van der Waals surface area contributed by atoms with Crippen LogP contribution in [0.25, 0.3) is 0 Å². The van der Waals surface area contributed by atoms with Crippen LogP contribution in [0.2, 0.25) is 0 Å². The summed E-state index contributed by atoms with van der Waals surface area (Å²) >= 11 is 0. The predicted octanol–water partition coefficient (Wildman–Crippen LogP) is 5.07. The van der Waals surface area contributed by atoms with E-state index < -0.39 is 18.5 Å². The van der Waals surface area contributed by atoms with E-state index in [-0.39, 0.29) is 0 Å². The van der Waals surface area contributed by atoms with Gasteiger partial charge in [0.05, 0.1) is 0 Å². The first-order valence-corrected chi connectivity index (χ1v) is 8.57. The molecule has 0 radical (unpaired) electrons. The van der Waals surface area contributed by atoms with Gasteiger partial charge in [0.1, 0.15) is 17.2 Å². The topological polar surface area (TPSA) is 54.0 Å². The molecule has 0 heterocycles. The van der Waals surface area contributed by atoms with Crippen molar-refractivity contribution >= 4 is 6.16 Å². The summed E-state index contributed by atoms with van der Waals surface area (Å²) in [4.78, 5) is 12.1. The molecule has 3 rings (SSSR count). The van der Waals surface area contributed by atoms with Crippen LogP contribution in [0, 0.1) is 0 Å². The van der Waals surface area contributed by atoms with Crippen LogP contribution in [0.4, 0.5) is 4.79 Å². The second-order valence-corrected chi connectivity index (χ2v) is 5.72. The Balaban J connectivity index is 1.67. The van der Waals surface area contributed by atoms with Gasteiger partial charge in [-0.3, -0.25) is 0 Å². The van der Waals surface area contributed by atoms with E-state index >= 15 is 0 Å². The Morgan fingerprint density at radius 3 is 1.52 bits per heavy atom. The van der Waals surface area contributed by atoms with Crippen molar-refractivity contribution in [3.63, 3.8) is 0 Å². The Morgan fingerprint density at radius 1 is 0.667 bits per heavy atom. The summed E-state index contributed by atoms with van der Waals surface area (Å²) < 4.78 is 22.3. The first-order chi connectivity index (χ1) is 13.2. The van der Waals surface area contributed by atoms with Gasteiger partial charge in [-0.15, -0.1) is 0 Å². The van der Waals surface area contributed by atoms with Crippen molar-refractivity contribution in [1.29, 1.82) is 0 Å². The first kappa shape index (κ1) is 18.3. The van der Waals surface area contributed by atoms with Gasteiger partial charge in [0.2, 0.25) is 0 Å². The molecule has 0 fully saturated rings. The van der Waals surface area contributed by atoms with Crippen LogP contribution >= 0.6 is 0 Å². The van der Waals surface area contributed by atoms with Crippen LogP contribution in [0.15, 0.2) is 91.0 Å². The number of benzene rings is 3. The van der Waals surface area contributed by atoms with E-state index in [2.05, 4.69) is 0 Å². The predicted molar refractivity (Wildman–Crippen MR) is 101 cm³/mol. The molecule has 0 saturated carbocycles. The van der Waals surface area contributed by atoms with Gasteiger partial charge in [0.15, 0.2) is 6.10 Å². The van der Waals surface area contributed by atoms with Crippen LogP contribution in [0.5, 0.6) is 17.2 Å². The molecule has 5 nitrogen and oxygen atoms in total. The Hall–Kier alpha value is -3.47. The fraction of sp³-hybridized carbons (Fsp3) is 0.136. The molecule has 1 unspecified atom stereocenters. The van der Waals surface area contributed by atoms with Gasteiger partial charge in [0.25, 0.3) is 6.29 Å². The van der Waals surface area contributed by atoms with Crippen LogP contribution < -0.4 is 14.2 Å². The molecule has 138 valence electrons. The Bertz CT molecular complexity index is 780. The van der Waals surface area contributed by atoms with Crippen molar-refractivity contribution in [2.24, 2.45) is 0 Å². The van der Waals surface area contributed by atoms with Crippen molar-refractivity contribution < 1.29 is 23.7 Å². The number of hydrogen-bond donors (Lipinski definition) is 0. The van der Waals surface area contributed by atoms with Gasteiger partial charge in [-0.05, 0) is 43.3 Å². The molecular weight excluding hydrogens is 344 g/mol. The third-order valence-electron chi connectivity index (χ3n) is 3.60. The second-order valence-electron chi connectivity index (χ2n) is 5.72. The smallest absolute Gasteiger partial charge is 0.451 e. The normalized spacial score (nSPS) is 11.5. The molecule has 0 saturated heterocycles. The summed E-state index contributed by atoms with van der Waals surface area (Å²) in [5, 5.41) is 0. The molecule has 0 aliphatic carbocycles. The van der Waals surface area contributed by atoms with Gasteiger partial charge in [-0.1, -0.05) is 54.6 Å². The van der Waals surface area contributed by atoms with Crippen molar-refractivity contribution in [2.75, 3.05) is 0 Å². The summed E-state index contributed by atoms with van der Waals surface area (Å²) in [6, 6.07) is 27.1. The highest BCUT2D eigenvalue weighted by molar-refractivity contribution is 5.63. The summed E-state index contributed by atoms with van der Waals surface area (Å²) in [7, 11) is 0. The molecule has 1 atom stereocenters. The monoisotopic (exact) mass is 364 g/mol. The average molecular weight is 364 g/mol. The lowest BCUT2D eigenvalue weighted by Crippen LogP contribution is -2.39.